The Labute approximate surface area is 164 Å². The smallest absolute Gasteiger partial charge is 0.309 e. The Balaban J connectivity index is 1.45. The van der Waals surface area contributed by atoms with Crippen LogP contribution >= 0.6 is 15.9 Å². The first-order valence-corrected chi connectivity index (χ1v) is 10.6. The Kier molecular flexibility index (Phi) is 6.91. The van der Waals surface area contributed by atoms with Gasteiger partial charge in [0.05, 0.1) is 10.9 Å². The fourth-order valence-corrected chi connectivity index (χ4v) is 4.97. The lowest BCUT2D eigenvalue weighted by Gasteiger charge is -2.37. The van der Waals surface area contributed by atoms with Crippen LogP contribution in [0.3, 0.4) is 0 Å². The lowest BCUT2D eigenvalue weighted by atomic mass is 9.69. The van der Waals surface area contributed by atoms with Crippen molar-refractivity contribution in [3.05, 3.63) is 46.7 Å². The van der Waals surface area contributed by atoms with Gasteiger partial charge in [0.15, 0.2) is 0 Å². The minimum absolute atomic E-state index is 0.0979. The van der Waals surface area contributed by atoms with E-state index in [0.29, 0.717) is 16.8 Å². The molecule has 2 nitrogen and oxygen atoms in total. The van der Waals surface area contributed by atoms with E-state index in [1.807, 2.05) is 6.07 Å². The number of esters is 1. The van der Waals surface area contributed by atoms with Gasteiger partial charge in [0.2, 0.25) is 0 Å². The van der Waals surface area contributed by atoms with E-state index in [9.17, 15) is 9.18 Å². The lowest BCUT2D eigenvalue weighted by molar-refractivity contribution is -0.150. The number of hydrogen-bond donors (Lipinski definition) is 0. The number of benzene rings is 1. The minimum atomic E-state index is -0.158. The van der Waals surface area contributed by atoms with Crippen molar-refractivity contribution >= 4 is 21.9 Å². The van der Waals surface area contributed by atoms with Gasteiger partial charge in [0, 0.05) is 0 Å². The highest BCUT2D eigenvalue weighted by molar-refractivity contribution is 9.10. The summed E-state index contributed by atoms with van der Waals surface area (Å²) in [6.07, 6.45) is 11.1. The molecule has 0 unspecified atom stereocenters. The summed E-state index contributed by atoms with van der Waals surface area (Å²) >= 11 is 3.23. The van der Waals surface area contributed by atoms with Crippen molar-refractivity contribution in [1.29, 1.82) is 0 Å². The summed E-state index contributed by atoms with van der Waals surface area (Å²) in [5.74, 6) is 1.72. The van der Waals surface area contributed by atoms with Crippen molar-refractivity contribution in [3.8, 4) is 0 Å². The maximum absolute atomic E-state index is 13.8. The summed E-state index contributed by atoms with van der Waals surface area (Å²) in [4.78, 5) is 11.6. The molecule has 0 atom stereocenters. The van der Waals surface area contributed by atoms with Crippen molar-refractivity contribution < 1.29 is 13.9 Å². The molecule has 0 N–H and O–H groups in total. The van der Waals surface area contributed by atoms with Crippen LogP contribution in [0.4, 0.5) is 4.39 Å². The SMILES string of the molecule is C=CCC(=O)OC1CCC([C@H]2CC[C@H](c3ccc(Br)c(F)c3)CC2)CC1. The van der Waals surface area contributed by atoms with Crippen LogP contribution < -0.4 is 0 Å². The molecule has 0 spiro atoms. The topological polar surface area (TPSA) is 26.3 Å². The Morgan fingerprint density at radius 2 is 1.73 bits per heavy atom. The minimum Gasteiger partial charge on any atom is -0.462 e. The molecule has 0 radical (unpaired) electrons. The molecule has 0 amide bonds. The van der Waals surface area contributed by atoms with Gasteiger partial charge in [0.1, 0.15) is 11.9 Å². The van der Waals surface area contributed by atoms with Crippen LogP contribution in [0.25, 0.3) is 0 Å². The van der Waals surface area contributed by atoms with Gasteiger partial charge in [-0.2, -0.15) is 0 Å². The van der Waals surface area contributed by atoms with Gasteiger partial charge in [-0.25, -0.2) is 4.39 Å². The van der Waals surface area contributed by atoms with Gasteiger partial charge in [0.25, 0.3) is 0 Å². The standard InChI is InChI=1S/C22H28BrFO2/c1-2-3-22(25)26-19-11-8-16(9-12-19)15-4-6-17(7-5-15)18-10-13-20(23)21(24)14-18/h2,10,13-17,19H,1,3-9,11-12H2/t15-,16?,17-,19?. The van der Waals surface area contributed by atoms with Gasteiger partial charge in [-0.05, 0) is 103 Å². The number of ether oxygens (including phenoxy) is 1. The van der Waals surface area contributed by atoms with E-state index in [-0.39, 0.29) is 17.9 Å². The highest BCUT2D eigenvalue weighted by Crippen LogP contribution is 2.43. The molecular formula is C22H28BrFO2. The molecule has 142 valence electrons. The molecule has 2 aliphatic rings. The highest BCUT2D eigenvalue weighted by Gasteiger charge is 2.32. The molecule has 0 aliphatic heterocycles. The fourth-order valence-electron chi connectivity index (χ4n) is 4.72. The Morgan fingerprint density at radius 1 is 1.12 bits per heavy atom. The van der Waals surface area contributed by atoms with Crippen molar-refractivity contribution in [2.45, 2.75) is 69.8 Å². The van der Waals surface area contributed by atoms with Gasteiger partial charge >= 0.3 is 5.97 Å². The lowest BCUT2D eigenvalue weighted by Crippen LogP contribution is -2.29. The number of carbonyl (C=O) groups excluding carboxylic acids is 1. The molecule has 4 heteroatoms. The van der Waals surface area contributed by atoms with Gasteiger partial charge < -0.3 is 4.74 Å². The van der Waals surface area contributed by atoms with E-state index in [0.717, 1.165) is 55.9 Å². The summed E-state index contributed by atoms with van der Waals surface area (Å²) in [7, 11) is 0. The molecule has 1 aromatic rings. The largest absolute Gasteiger partial charge is 0.462 e. The van der Waals surface area contributed by atoms with Crippen LogP contribution in [-0.4, -0.2) is 12.1 Å². The molecule has 2 saturated carbocycles. The monoisotopic (exact) mass is 422 g/mol. The predicted octanol–water partition coefficient (Wildman–Crippen LogP) is 6.54. The van der Waals surface area contributed by atoms with E-state index in [1.165, 1.54) is 12.8 Å². The first-order valence-electron chi connectivity index (χ1n) is 9.82. The third-order valence-electron chi connectivity index (χ3n) is 6.18. The molecule has 1 aromatic carbocycles. The average molecular weight is 423 g/mol. The highest BCUT2D eigenvalue weighted by atomic mass is 79.9. The van der Waals surface area contributed by atoms with Gasteiger partial charge in [-0.3, -0.25) is 4.79 Å². The zero-order valence-electron chi connectivity index (χ0n) is 15.3. The van der Waals surface area contributed by atoms with E-state index < -0.39 is 0 Å². The van der Waals surface area contributed by atoms with Crippen molar-refractivity contribution in [2.75, 3.05) is 0 Å². The zero-order chi connectivity index (χ0) is 18.5. The summed E-state index contributed by atoms with van der Waals surface area (Å²) in [6, 6.07) is 5.57. The Morgan fingerprint density at radius 3 is 2.31 bits per heavy atom. The Hall–Kier alpha value is -1.16. The number of hydrogen-bond acceptors (Lipinski definition) is 2. The second-order valence-corrected chi connectivity index (χ2v) is 8.66. The number of rotatable bonds is 5. The first kappa shape index (κ1) is 19.6. The van der Waals surface area contributed by atoms with Crippen LogP contribution in [0, 0.1) is 17.7 Å². The van der Waals surface area contributed by atoms with E-state index in [1.54, 1.807) is 12.1 Å². The van der Waals surface area contributed by atoms with Gasteiger partial charge in [-0.15, -0.1) is 6.58 Å². The average Bonchev–Trinajstić information content (AvgIpc) is 2.65. The Bertz CT molecular complexity index is 629. The first-order chi connectivity index (χ1) is 12.6. The maximum Gasteiger partial charge on any atom is 0.309 e. The van der Waals surface area contributed by atoms with Crippen LogP contribution in [-0.2, 0) is 9.53 Å². The van der Waals surface area contributed by atoms with Crippen LogP contribution in [0.5, 0.6) is 0 Å². The zero-order valence-corrected chi connectivity index (χ0v) is 16.8. The summed E-state index contributed by atoms with van der Waals surface area (Å²) < 4.78 is 19.8. The van der Waals surface area contributed by atoms with Crippen LogP contribution in [0.1, 0.15) is 69.3 Å². The molecule has 26 heavy (non-hydrogen) atoms. The third kappa shape index (κ3) is 4.97. The predicted molar refractivity (Wildman–Crippen MR) is 105 cm³/mol. The third-order valence-corrected chi connectivity index (χ3v) is 6.82. The summed E-state index contributed by atoms with van der Waals surface area (Å²) in [6.45, 7) is 3.58. The molecule has 0 aromatic heterocycles. The molecule has 2 fully saturated rings. The molecule has 3 rings (SSSR count). The second-order valence-electron chi connectivity index (χ2n) is 7.80. The number of carbonyl (C=O) groups is 1. The van der Waals surface area contributed by atoms with Crippen molar-refractivity contribution in [2.24, 2.45) is 11.8 Å². The van der Waals surface area contributed by atoms with Gasteiger partial charge in [-0.1, -0.05) is 12.1 Å². The fraction of sp³-hybridized carbons (Fsp3) is 0.591. The summed E-state index contributed by atoms with van der Waals surface area (Å²) in [5, 5.41) is 0. The molecule has 0 heterocycles. The van der Waals surface area contributed by atoms with Crippen LogP contribution in [0.2, 0.25) is 0 Å². The second kappa shape index (κ2) is 9.16. The van der Waals surface area contributed by atoms with Crippen molar-refractivity contribution in [1.82, 2.24) is 0 Å². The quantitative estimate of drug-likeness (QED) is 0.397. The number of halogens is 2. The molecular weight excluding hydrogens is 395 g/mol. The molecule has 0 saturated heterocycles. The van der Waals surface area contributed by atoms with Crippen molar-refractivity contribution in [3.63, 3.8) is 0 Å². The maximum atomic E-state index is 13.8. The van der Waals surface area contributed by atoms with E-state index in [2.05, 4.69) is 28.6 Å². The van der Waals surface area contributed by atoms with E-state index >= 15 is 0 Å². The summed E-state index contributed by atoms with van der Waals surface area (Å²) in [5.41, 5.74) is 1.14. The van der Waals surface area contributed by atoms with Crippen LogP contribution in [0.15, 0.2) is 35.3 Å². The van der Waals surface area contributed by atoms with E-state index in [4.69, 9.17) is 4.74 Å². The molecule has 0 bridgehead atoms. The molecule has 2 aliphatic carbocycles. The normalized spacial score (nSPS) is 29.2.